The van der Waals surface area contributed by atoms with E-state index >= 15 is 0 Å². The maximum atomic E-state index is 13.1. The summed E-state index contributed by atoms with van der Waals surface area (Å²) in [6.07, 6.45) is 0. The van der Waals surface area contributed by atoms with Crippen LogP contribution >= 0.6 is 11.8 Å². The smallest absolute Gasteiger partial charge is 0.230 e. The normalized spacial score (nSPS) is 12.3. The second kappa shape index (κ2) is 6.34. The van der Waals surface area contributed by atoms with Crippen LogP contribution in [0.15, 0.2) is 53.6 Å². The number of hydrogen-bond donors (Lipinski definition) is 1. The van der Waals surface area contributed by atoms with E-state index in [0.29, 0.717) is 10.7 Å². The van der Waals surface area contributed by atoms with Gasteiger partial charge in [-0.25, -0.2) is 4.39 Å². The van der Waals surface area contributed by atoms with Crippen LogP contribution in [0.5, 0.6) is 0 Å². The first-order chi connectivity index (χ1) is 11.1. The maximum absolute atomic E-state index is 13.1. The molecule has 2 aromatic carbocycles. The van der Waals surface area contributed by atoms with Crippen molar-refractivity contribution < 1.29 is 9.18 Å². The van der Waals surface area contributed by atoms with Crippen molar-refractivity contribution in [1.82, 2.24) is 10.2 Å². The molecule has 0 saturated carbocycles. The second-order valence-electron chi connectivity index (χ2n) is 5.07. The van der Waals surface area contributed by atoms with Crippen molar-refractivity contribution >= 4 is 28.4 Å². The number of rotatable bonds is 4. The van der Waals surface area contributed by atoms with Crippen LogP contribution in [0.3, 0.4) is 0 Å². The lowest BCUT2D eigenvalue weighted by atomic mass is 10.1. The van der Waals surface area contributed by atoms with E-state index in [-0.39, 0.29) is 5.82 Å². The highest BCUT2D eigenvalue weighted by Crippen LogP contribution is 2.33. The fraction of sp³-hybridized carbons (Fsp3) is 0.118. The Morgan fingerprint density at radius 1 is 1.09 bits per heavy atom. The molecule has 3 rings (SSSR count). The maximum Gasteiger partial charge on any atom is 0.230 e. The average molecular weight is 327 g/mol. The molecule has 0 spiro atoms. The number of benzene rings is 2. The van der Waals surface area contributed by atoms with Gasteiger partial charge in [-0.1, -0.05) is 36.0 Å². The summed E-state index contributed by atoms with van der Waals surface area (Å²) in [7, 11) is 0. The van der Waals surface area contributed by atoms with Crippen LogP contribution in [-0.2, 0) is 4.79 Å². The first kappa shape index (κ1) is 15.4. The van der Waals surface area contributed by atoms with E-state index in [1.165, 1.54) is 23.9 Å². The molecule has 116 valence electrons. The van der Waals surface area contributed by atoms with Gasteiger partial charge in [0.1, 0.15) is 16.5 Å². The number of carbonyl (C=O) groups is 1. The number of carbonyl (C=O) groups excluding carboxylic acids is 1. The first-order valence-corrected chi connectivity index (χ1v) is 7.91. The number of nitrogens with zero attached hydrogens (tertiary/aromatic N) is 2. The lowest BCUT2D eigenvalue weighted by Crippen LogP contribution is -2.22. The van der Waals surface area contributed by atoms with Crippen molar-refractivity contribution in [3.05, 3.63) is 54.3 Å². The molecule has 2 N–H and O–H groups in total. The van der Waals surface area contributed by atoms with Crippen LogP contribution in [0.25, 0.3) is 22.0 Å². The minimum atomic E-state index is -0.400. The highest BCUT2D eigenvalue weighted by Gasteiger charge is 2.16. The molecule has 1 amide bonds. The molecule has 1 aromatic heterocycles. The minimum absolute atomic E-state index is 0.298. The molecule has 0 radical (unpaired) electrons. The number of fused-ring (bicyclic) bond motifs is 1. The molecule has 0 fully saturated rings. The van der Waals surface area contributed by atoms with Crippen LogP contribution in [0, 0.1) is 5.82 Å². The van der Waals surface area contributed by atoms with E-state index in [2.05, 4.69) is 10.2 Å². The molecule has 0 bridgehead atoms. The molecule has 23 heavy (non-hydrogen) atoms. The van der Waals surface area contributed by atoms with Crippen molar-refractivity contribution in [2.24, 2.45) is 5.73 Å². The summed E-state index contributed by atoms with van der Waals surface area (Å²) in [6, 6.07) is 13.8. The Morgan fingerprint density at radius 3 is 2.39 bits per heavy atom. The van der Waals surface area contributed by atoms with Crippen molar-refractivity contribution in [2.45, 2.75) is 17.2 Å². The van der Waals surface area contributed by atoms with E-state index in [9.17, 15) is 9.18 Å². The first-order valence-electron chi connectivity index (χ1n) is 7.03. The largest absolute Gasteiger partial charge is 0.369 e. The minimum Gasteiger partial charge on any atom is -0.369 e. The van der Waals surface area contributed by atoms with Crippen molar-refractivity contribution in [3.8, 4) is 11.3 Å². The van der Waals surface area contributed by atoms with Gasteiger partial charge < -0.3 is 5.73 Å². The van der Waals surface area contributed by atoms with E-state index in [4.69, 9.17) is 5.73 Å². The highest BCUT2D eigenvalue weighted by atomic mass is 32.2. The topological polar surface area (TPSA) is 68.9 Å². The predicted molar refractivity (Wildman–Crippen MR) is 89.4 cm³/mol. The lowest BCUT2D eigenvalue weighted by Gasteiger charge is -2.11. The fourth-order valence-corrected chi connectivity index (χ4v) is 3.06. The molecule has 1 atom stereocenters. The van der Waals surface area contributed by atoms with Crippen LogP contribution < -0.4 is 5.73 Å². The Hall–Kier alpha value is -2.47. The van der Waals surface area contributed by atoms with Crippen LogP contribution in [0.4, 0.5) is 4.39 Å². The zero-order valence-electron chi connectivity index (χ0n) is 12.4. The lowest BCUT2D eigenvalue weighted by molar-refractivity contribution is -0.117. The van der Waals surface area contributed by atoms with Gasteiger partial charge in [-0.05, 0) is 31.2 Å². The molecule has 6 heteroatoms. The summed E-state index contributed by atoms with van der Waals surface area (Å²) in [5.74, 6) is -0.697. The third kappa shape index (κ3) is 3.17. The molecule has 4 nitrogen and oxygen atoms in total. The number of thioether (sulfide) groups is 1. The Balaban J connectivity index is 2.12. The Labute approximate surface area is 136 Å². The van der Waals surface area contributed by atoms with Gasteiger partial charge in [0.2, 0.25) is 5.91 Å². The van der Waals surface area contributed by atoms with E-state index < -0.39 is 11.2 Å². The van der Waals surface area contributed by atoms with Gasteiger partial charge in [0.05, 0.1) is 5.25 Å². The summed E-state index contributed by atoms with van der Waals surface area (Å²) in [6.45, 7) is 1.73. The van der Waals surface area contributed by atoms with Gasteiger partial charge in [-0.15, -0.1) is 10.2 Å². The number of aromatic nitrogens is 2. The molecular weight excluding hydrogens is 313 g/mol. The van der Waals surface area contributed by atoms with E-state index in [0.717, 1.165) is 16.3 Å². The summed E-state index contributed by atoms with van der Waals surface area (Å²) >= 11 is 1.28. The zero-order valence-corrected chi connectivity index (χ0v) is 13.2. The van der Waals surface area contributed by atoms with Crippen molar-refractivity contribution in [2.75, 3.05) is 0 Å². The third-order valence-corrected chi connectivity index (χ3v) is 4.57. The van der Waals surface area contributed by atoms with Crippen LogP contribution in [-0.4, -0.2) is 21.4 Å². The SMILES string of the molecule is C[C@@H](Sc1nnc(-c2ccc(F)cc2)c2ccccc12)C(N)=O. The van der Waals surface area contributed by atoms with Gasteiger partial charge in [-0.2, -0.15) is 0 Å². The van der Waals surface area contributed by atoms with Crippen LogP contribution in [0.2, 0.25) is 0 Å². The van der Waals surface area contributed by atoms with Crippen LogP contribution in [0.1, 0.15) is 6.92 Å². The molecule has 0 unspecified atom stereocenters. The predicted octanol–water partition coefficient (Wildman–Crippen LogP) is 3.40. The monoisotopic (exact) mass is 327 g/mol. The number of primary amides is 1. The number of amides is 1. The Bertz CT molecular complexity index is 867. The molecule has 1 heterocycles. The number of halogens is 1. The average Bonchev–Trinajstić information content (AvgIpc) is 2.56. The molecule has 0 aliphatic rings. The molecule has 0 aliphatic carbocycles. The molecule has 0 saturated heterocycles. The summed E-state index contributed by atoms with van der Waals surface area (Å²) in [5, 5.41) is 10.6. The van der Waals surface area contributed by atoms with Crippen molar-refractivity contribution in [3.63, 3.8) is 0 Å². The standard InChI is InChI=1S/C17H14FN3OS/c1-10(16(19)22)23-17-14-5-3-2-4-13(14)15(20-21-17)11-6-8-12(18)9-7-11/h2-10H,1H3,(H2,19,22)/t10-/m1/s1. The van der Waals surface area contributed by atoms with Gasteiger partial charge in [0.25, 0.3) is 0 Å². The molecule has 3 aromatic rings. The summed E-state index contributed by atoms with van der Waals surface area (Å²) < 4.78 is 13.1. The van der Waals surface area contributed by atoms with Gasteiger partial charge in [0.15, 0.2) is 0 Å². The number of hydrogen-bond acceptors (Lipinski definition) is 4. The van der Waals surface area contributed by atoms with E-state index in [1.807, 2.05) is 24.3 Å². The number of nitrogens with two attached hydrogens (primary N) is 1. The highest BCUT2D eigenvalue weighted by molar-refractivity contribution is 8.00. The quantitative estimate of drug-likeness (QED) is 0.746. The van der Waals surface area contributed by atoms with Gasteiger partial charge in [0, 0.05) is 16.3 Å². The molecular formula is C17H14FN3OS. The fourth-order valence-electron chi connectivity index (χ4n) is 2.21. The Morgan fingerprint density at radius 2 is 1.74 bits per heavy atom. The zero-order chi connectivity index (χ0) is 16.4. The summed E-state index contributed by atoms with van der Waals surface area (Å²) in [5.41, 5.74) is 6.78. The second-order valence-corrected chi connectivity index (χ2v) is 6.40. The van der Waals surface area contributed by atoms with E-state index in [1.54, 1.807) is 19.1 Å². The van der Waals surface area contributed by atoms with Gasteiger partial charge in [-0.3, -0.25) is 4.79 Å². The van der Waals surface area contributed by atoms with Gasteiger partial charge >= 0.3 is 0 Å². The third-order valence-electron chi connectivity index (χ3n) is 3.46. The summed E-state index contributed by atoms with van der Waals surface area (Å²) in [4.78, 5) is 11.3. The Kier molecular flexibility index (Phi) is 4.25. The van der Waals surface area contributed by atoms with Crippen molar-refractivity contribution in [1.29, 1.82) is 0 Å². The molecule has 0 aliphatic heterocycles.